The van der Waals surface area contributed by atoms with Crippen LogP contribution in [0.5, 0.6) is 0 Å². The van der Waals surface area contributed by atoms with Gasteiger partial charge in [-0.3, -0.25) is 14.6 Å². The van der Waals surface area contributed by atoms with Gasteiger partial charge in [0, 0.05) is 24.2 Å². The highest BCUT2D eigenvalue weighted by atomic mass is 16.1. The lowest BCUT2D eigenvalue weighted by molar-refractivity contribution is 0.103. The van der Waals surface area contributed by atoms with Gasteiger partial charge in [-0.15, -0.1) is 0 Å². The first-order chi connectivity index (χ1) is 18.8. The van der Waals surface area contributed by atoms with E-state index in [-0.39, 0.29) is 0 Å². The minimum Gasteiger partial charge on any atom is -0.299 e. The van der Waals surface area contributed by atoms with Crippen LogP contribution in [-0.4, -0.2) is 41.8 Å². The first-order valence-corrected chi connectivity index (χ1v) is 16.0. The van der Waals surface area contributed by atoms with Crippen molar-refractivity contribution in [3.8, 4) is 0 Å². The second-order valence-corrected chi connectivity index (χ2v) is 12.7. The van der Waals surface area contributed by atoms with Crippen molar-refractivity contribution < 1.29 is 4.79 Å². The number of ketones is 1. The van der Waals surface area contributed by atoms with Crippen molar-refractivity contribution in [1.82, 2.24) is 9.80 Å². The van der Waals surface area contributed by atoms with Gasteiger partial charge >= 0.3 is 0 Å². The second-order valence-electron chi connectivity index (χ2n) is 12.7. The van der Waals surface area contributed by atoms with Crippen LogP contribution >= 0.6 is 0 Å². The fourth-order valence-corrected chi connectivity index (χ4v) is 8.15. The second kappa shape index (κ2) is 12.5. The van der Waals surface area contributed by atoms with E-state index in [1.807, 2.05) is 0 Å². The molecule has 0 amide bonds. The molecular formula is C35H48N2O. The molecule has 3 nitrogen and oxygen atoms in total. The van der Waals surface area contributed by atoms with Crippen LogP contribution < -0.4 is 0 Å². The molecule has 2 saturated heterocycles. The standard InChI is InChI=1S/C35H48N2O/c38-35(31-19-11-17-29(25-36-21-7-1-8-22-36)33(31)27-13-3-4-14-27)32-20-12-18-30(26-37-23-9-2-10-24-37)34(32)28-15-5-6-16-28/h11-12,17-20,27-28H,1-10,13-16,21-26H2. The molecule has 0 spiro atoms. The van der Waals surface area contributed by atoms with E-state index in [1.165, 1.54) is 138 Å². The fraction of sp³-hybridized carbons (Fsp3) is 0.629. The van der Waals surface area contributed by atoms with Crippen LogP contribution in [0.2, 0.25) is 0 Å². The predicted octanol–water partition coefficient (Wildman–Crippen LogP) is 8.20. The van der Waals surface area contributed by atoms with E-state index in [0.29, 0.717) is 17.6 Å². The van der Waals surface area contributed by atoms with Crippen molar-refractivity contribution >= 4 is 5.78 Å². The number of carbonyl (C=O) groups is 1. The summed E-state index contributed by atoms with van der Waals surface area (Å²) in [5.41, 5.74) is 7.69. The fourth-order valence-electron chi connectivity index (χ4n) is 8.15. The first kappa shape index (κ1) is 26.3. The number of rotatable bonds is 8. The summed E-state index contributed by atoms with van der Waals surface area (Å²) in [6.45, 7) is 6.83. The zero-order chi connectivity index (χ0) is 25.7. The van der Waals surface area contributed by atoms with Gasteiger partial charge in [0.05, 0.1) is 0 Å². The molecule has 2 aromatic rings. The summed E-state index contributed by atoms with van der Waals surface area (Å²) in [7, 11) is 0. The lowest BCUT2D eigenvalue weighted by Gasteiger charge is -2.30. The van der Waals surface area contributed by atoms with Crippen LogP contribution in [0, 0.1) is 0 Å². The Kier molecular flexibility index (Phi) is 8.62. The molecule has 204 valence electrons. The smallest absolute Gasteiger partial charge is 0.193 e. The summed E-state index contributed by atoms with van der Waals surface area (Å²) < 4.78 is 0. The molecule has 2 aliphatic heterocycles. The molecular weight excluding hydrogens is 464 g/mol. The van der Waals surface area contributed by atoms with Crippen molar-refractivity contribution in [1.29, 1.82) is 0 Å². The molecule has 6 rings (SSSR count). The van der Waals surface area contributed by atoms with Crippen LogP contribution in [-0.2, 0) is 13.1 Å². The third kappa shape index (κ3) is 5.80. The Hall–Kier alpha value is -1.97. The van der Waals surface area contributed by atoms with E-state index in [9.17, 15) is 4.79 Å². The number of benzene rings is 2. The van der Waals surface area contributed by atoms with Gasteiger partial charge in [0.2, 0.25) is 0 Å². The van der Waals surface area contributed by atoms with Crippen LogP contribution in [0.25, 0.3) is 0 Å². The van der Waals surface area contributed by atoms with Gasteiger partial charge in [0.25, 0.3) is 0 Å². The van der Waals surface area contributed by atoms with Crippen LogP contribution in [0.1, 0.15) is 140 Å². The lowest BCUT2D eigenvalue weighted by Crippen LogP contribution is -2.30. The molecule has 38 heavy (non-hydrogen) atoms. The van der Waals surface area contributed by atoms with Crippen LogP contribution in [0.15, 0.2) is 36.4 Å². The largest absolute Gasteiger partial charge is 0.299 e. The first-order valence-electron chi connectivity index (χ1n) is 16.0. The Labute approximate surface area is 231 Å². The summed E-state index contributed by atoms with van der Waals surface area (Å²) in [5, 5.41) is 0. The minimum absolute atomic E-state index is 0.301. The lowest BCUT2D eigenvalue weighted by atomic mass is 9.81. The highest BCUT2D eigenvalue weighted by molar-refractivity contribution is 6.11. The van der Waals surface area contributed by atoms with Crippen molar-refractivity contribution in [3.05, 3.63) is 69.8 Å². The Morgan fingerprint density at radius 2 is 0.947 bits per heavy atom. The monoisotopic (exact) mass is 512 g/mol. The van der Waals surface area contributed by atoms with E-state index in [1.54, 1.807) is 0 Å². The third-order valence-corrected chi connectivity index (χ3v) is 10.1. The SMILES string of the molecule is O=C(c1cccc(CN2CCCCC2)c1C1CCCC1)c1cccc(CN2CCCCC2)c1C1CCCC1. The molecule has 4 fully saturated rings. The van der Waals surface area contributed by atoms with Crippen molar-refractivity contribution in [2.45, 2.75) is 115 Å². The van der Waals surface area contributed by atoms with Gasteiger partial charge in [0.1, 0.15) is 0 Å². The number of carbonyl (C=O) groups excluding carboxylic acids is 1. The molecule has 0 bridgehead atoms. The van der Waals surface area contributed by atoms with E-state index in [4.69, 9.17) is 0 Å². The van der Waals surface area contributed by atoms with Gasteiger partial charge in [-0.2, -0.15) is 0 Å². The topological polar surface area (TPSA) is 23.6 Å². The maximum Gasteiger partial charge on any atom is 0.193 e. The molecule has 0 aromatic heterocycles. The molecule has 2 heterocycles. The zero-order valence-corrected chi connectivity index (χ0v) is 23.6. The molecule has 0 N–H and O–H groups in total. The minimum atomic E-state index is 0.301. The number of nitrogens with zero attached hydrogens (tertiary/aromatic N) is 2. The summed E-state index contributed by atoms with van der Waals surface area (Å²) in [5.74, 6) is 1.39. The molecule has 0 radical (unpaired) electrons. The summed E-state index contributed by atoms with van der Waals surface area (Å²) >= 11 is 0. The third-order valence-electron chi connectivity index (χ3n) is 10.1. The Morgan fingerprint density at radius 3 is 1.34 bits per heavy atom. The van der Waals surface area contributed by atoms with Gasteiger partial charge in [-0.1, -0.05) is 74.9 Å². The molecule has 2 aromatic carbocycles. The summed E-state index contributed by atoms with van der Waals surface area (Å²) in [6.07, 6.45) is 18.1. The van der Waals surface area contributed by atoms with E-state index in [2.05, 4.69) is 46.2 Å². The van der Waals surface area contributed by atoms with Crippen molar-refractivity contribution in [2.75, 3.05) is 26.2 Å². The number of likely N-dealkylation sites (tertiary alicyclic amines) is 2. The summed E-state index contributed by atoms with van der Waals surface area (Å²) in [6, 6.07) is 13.4. The van der Waals surface area contributed by atoms with E-state index in [0.717, 1.165) is 24.2 Å². The molecule has 3 heteroatoms. The van der Waals surface area contributed by atoms with E-state index >= 15 is 0 Å². The highest BCUT2D eigenvalue weighted by Gasteiger charge is 2.31. The Balaban J connectivity index is 1.38. The quantitative estimate of drug-likeness (QED) is 0.333. The van der Waals surface area contributed by atoms with Gasteiger partial charge in [-0.25, -0.2) is 0 Å². The maximum absolute atomic E-state index is 14.7. The molecule has 0 unspecified atom stereocenters. The van der Waals surface area contributed by atoms with Gasteiger partial charge in [-0.05, 0) is 112 Å². The summed E-state index contributed by atoms with van der Waals surface area (Å²) in [4.78, 5) is 19.9. The number of hydrogen-bond acceptors (Lipinski definition) is 3. The van der Waals surface area contributed by atoms with Crippen molar-refractivity contribution in [3.63, 3.8) is 0 Å². The molecule has 4 aliphatic rings. The van der Waals surface area contributed by atoms with Crippen LogP contribution in [0.4, 0.5) is 0 Å². The van der Waals surface area contributed by atoms with E-state index < -0.39 is 0 Å². The maximum atomic E-state index is 14.7. The van der Waals surface area contributed by atoms with Gasteiger partial charge < -0.3 is 0 Å². The number of hydrogen-bond donors (Lipinski definition) is 0. The zero-order valence-electron chi connectivity index (χ0n) is 23.6. The van der Waals surface area contributed by atoms with Crippen molar-refractivity contribution in [2.24, 2.45) is 0 Å². The molecule has 2 saturated carbocycles. The molecule has 0 atom stereocenters. The average molecular weight is 513 g/mol. The predicted molar refractivity (Wildman–Crippen MR) is 157 cm³/mol. The normalized spacial score (nSPS) is 22.3. The molecule has 2 aliphatic carbocycles. The van der Waals surface area contributed by atoms with Crippen LogP contribution in [0.3, 0.4) is 0 Å². The average Bonchev–Trinajstić information content (AvgIpc) is 3.69. The van der Waals surface area contributed by atoms with Gasteiger partial charge in [0.15, 0.2) is 5.78 Å². The highest BCUT2D eigenvalue weighted by Crippen LogP contribution is 2.42. The number of piperidine rings is 2. The Morgan fingerprint density at radius 1 is 0.553 bits per heavy atom. The Bertz CT molecular complexity index is 998.